The molecular weight excluding hydrogens is 235 g/mol. The fourth-order valence-corrected chi connectivity index (χ4v) is 1.68. The third-order valence-corrected chi connectivity index (χ3v) is 2.40. The maximum absolute atomic E-state index is 13.1. The van der Waals surface area contributed by atoms with Gasteiger partial charge in [-0.25, -0.2) is 9.18 Å². The molecule has 2 rings (SSSR count). The van der Waals surface area contributed by atoms with Gasteiger partial charge in [0.15, 0.2) is 0 Å². The lowest BCUT2D eigenvalue weighted by Gasteiger charge is -2.19. The van der Waals surface area contributed by atoms with E-state index in [4.69, 9.17) is 10.5 Å². The minimum Gasteiger partial charge on any atom is -0.455 e. The summed E-state index contributed by atoms with van der Waals surface area (Å²) in [7, 11) is 0. The Kier molecular flexibility index (Phi) is 2.77. The molecule has 0 saturated carbocycles. The van der Waals surface area contributed by atoms with Gasteiger partial charge in [0.2, 0.25) is 0 Å². The lowest BCUT2D eigenvalue weighted by Crippen LogP contribution is -2.24. The van der Waals surface area contributed by atoms with E-state index in [0.717, 1.165) is 0 Å². The molecule has 5 heteroatoms. The summed E-state index contributed by atoms with van der Waals surface area (Å²) in [5.41, 5.74) is 6.16. The third-order valence-electron chi connectivity index (χ3n) is 2.40. The van der Waals surface area contributed by atoms with Gasteiger partial charge < -0.3 is 15.5 Å². The van der Waals surface area contributed by atoms with Gasteiger partial charge in [-0.3, -0.25) is 0 Å². The van der Waals surface area contributed by atoms with Crippen molar-refractivity contribution in [2.75, 3.05) is 5.73 Å². The first kappa shape index (κ1) is 12.4. The number of aromatic amines is 1. The van der Waals surface area contributed by atoms with Crippen LogP contribution < -0.4 is 5.73 Å². The largest absolute Gasteiger partial charge is 0.455 e. The predicted molar refractivity (Wildman–Crippen MR) is 67.8 cm³/mol. The molecule has 0 saturated heterocycles. The van der Waals surface area contributed by atoms with Gasteiger partial charge in [-0.05, 0) is 39.0 Å². The number of hydrogen-bond donors (Lipinski definition) is 2. The SMILES string of the molecule is CC(C)(C)OC(=O)c1[nH]c2cc(F)ccc2c1N. The van der Waals surface area contributed by atoms with E-state index in [2.05, 4.69) is 4.98 Å². The van der Waals surface area contributed by atoms with Gasteiger partial charge in [0.1, 0.15) is 17.1 Å². The van der Waals surface area contributed by atoms with E-state index in [1.54, 1.807) is 20.8 Å². The predicted octanol–water partition coefficient (Wildman–Crippen LogP) is 2.84. The average Bonchev–Trinajstić information content (AvgIpc) is 2.53. The Bertz CT molecular complexity index is 611. The van der Waals surface area contributed by atoms with E-state index in [1.807, 2.05) is 0 Å². The summed E-state index contributed by atoms with van der Waals surface area (Å²) in [6.45, 7) is 5.30. The van der Waals surface area contributed by atoms with Gasteiger partial charge in [-0.15, -0.1) is 0 Å². The molecule has 1 aromatic heterocycles. The molecule has 0 bridgehead atoms. The number of ether oxygens (including phenoxy) is 1. The average molecular weight is 250 g/mol. The Hall–Kier alpha value is -2.04. The Morgan fingerprint density at radius 3 is 2.67 bits per heavy atom. The molecule has 0 spiro atoms. The van der Waals surface area contributed by atoms with Gasteiger partial charge in [-0.2, -0.15) is 0 Å². The van der Waals surface area contributed by atoms with Crippen LogP contribution in [-0.2, 0) is 4.74 Å². The van der Waals surface area contributed by atoms with Gasteiger partial charge in [0, 0.05) is 5.39 Å². The van der Waals surface area contributed by atoms with Crippen LogP contribution in [0.2, 0.25) is 0 Å². The van der Waals surface area contributed by atoms with E-state index in [0.29, 0.717) is 10.9 Å². The second-order valence-corrected chi connectivity index (χ2v) is 5.11. The number of nitrogens with one attached hydrogen (secondary N) is 1. The van der Waals surface area contributed by atoms with Crippen molar-refractivity contribution < 1.29 is 13.9 Å². The number of benzene rings is 1. The second kappa shape index (κ2) is 4.01. The van der Waals surface area contributed by atoms with Crippen LogP contribution in [0.5, 0.6) is 0 Å². The number of H-pyrrole nitrogens is 1. The molecular formula is C13H15FN2O2. The molecule has 96 valence electrons. The molecule has 0 radical (unpaired) electrons. The lowest BCUT2D eigenvalue weighted by atomic mass is 10.2. The lowest BCUT2D eigenvalue weighted by molar-refractivity contribution is 0.00652. The highest BCUT2D eigenvalue weighted by molar-refractivity contribution is 6.05. The molecule has 3 N–H and O–H groups in total. The Labute approximate surface area is 104 Å². The quantitative estimate of drug-likeness (QED) is 0.765. The minimum absolute atomic E-state index is 0.158. The summed E-state index contributed by atoms with van der Waals surface area (Å²) in [5, 5.41) is 0.609. The molecule has 0 aliphatic carbocycles. The molecule has 0 unspecified atom stereocenters. The molecule has 0 atom stereocenters. The third kappa shape index (κ3) is 2.30. The second-order valence-electron chi connectivity index (χ2n) is 5.11. The number of fused-ring (bicyclic) bond motifs is 1. The van der Waals surface area contributed by atoms with Crippen molar-refractivity contribution in [3.05, 3.63) is 29.7 Å². The van der Waals surface area contributed by atoms with Crippen LogP contribution in [0.25, 0.3) is 10.9 Å². The summed E-state index contributed by atoms with van der Waals surface area (Å²) in [5.74, 6) is -0.934. The molecule has 0 aliphatic heterocycles. The summed E-state index contributed by atoms with van der Waals surface area (Å²) in [6.07, 6.45) is 0. The zero-order chi connectivity index (χ0) is 13.5. The number of nitrogen functional groups attached to an aromatic ring is 1. The first-order valence-electron chi connectivity index (χ1n) is 5.58. The van der Waals surface area contributed by atoms with E-state index >= 15 is 0 Å². The van der Waals surface area contributed by atoms with Gasteiger partial charge in [0.25, 0.3) is 0 Å². The number of halogens is 1. The number of nitrogens with two attached hydrogens (primary N) is 1. The standard InChI is InChI=1S/C13H15FN2O2/c1-13(2,3)18-12(17)11-10(15)8-5-4-7(14)6-9(8)16-11/h4-6,16H,15H2,1-3H3. The maximum atomic E-state index is 13.1. The molecule has 0 fully saturated rings. The zero-order valence-corrected chi connectivity index (χ0v) is 10.5. The fraction of sp³-hybridized carbons (Fsp3) is 0.308. The maximum Gasteiger partial charge on any atom is 0.357 e. The highest BCUT2D eigenvalue weighted by Gasteiger charge is 2.22. The van der Waals surface area contributed by atoms with Gasteiger partial charge in [0.05, 0.1) is 11.2 Å². The molecule has 0 aliphatic rings. The van der Waals surface area contributed by atoms with Crippen molar-refractivity contribution in [3.63, 3.8) is 0 Å². The van der Waals surface area contributed by atoms with Crippen LogP contribution in [0, 0.1) is 5.82 Å². The molecule has 2 aromatic rings. The zero-order valence-electron chi connectivity index (χ0n) is 10.5. The van der Waals surface area contributed by atoms with Crippen LogP contribution in [0.15, 0.2) is 18.2 Å². The number of esters is 1. The van der Waals surface area contributed by atoms with E-state index in [1.165, 1.54) is 18.2 Å². The monoisotopic (exact) mass is 250 g/mol. The number of aromatic nitrogens is 1. The summed E-state index contributed by atoms with van der Waals surface area (Å²) in [6, 6.07) is 4.12. The van der Waals surface area contributed by atoms with Crippen LogP contribution in [0.3, 0.4) is 0 Å². The fourth-order valence-electron chi connectivity index (χ4n) is 1.68. The van der Waals surface area contributed by atoms with Crippen LogP contribution >= 0.6 is 0 Å². The number of hydrogen-bond acceptors (Lipinski definition) is 3. The normalized spacial score (nSPS) is 11.8. The number of anilines is 1. The molecule has 1 aromatic carbocycles. The smallest absolute Gasteiger partial charge is 0.357 e. The first-order valence-corrected chi connectivity index (χ1v) is 5.58. The number of carbonyl (C=O) groups is 1. The first-order chi connectivity index (χ1) is 8.28. The number of rotatable bonds is 1. The Balaban J connectivity index is 2.46. The highest BCUT2D eigenvalue weighted by Crippen LogP contribution is 2.27. The van der Waals surface area contributed by atoms with Gasteiger partial charge in [-0.1, -0.05) is 0 Å². The topological polar surface area (TPSA) is 68.1 Å². The Morgan fingerprint density at radius 2 is 2.06 bits per heavy atom. The van der Waals surface area contributed by atoms with Crippen molar-refractivity contribution in [2.24, 2.45) is 0 Å². The van der Waals surface area contributed by atoms with E-state index in [-0.39, 0.29) is 17.2 Å². The summed E-state index contributed by atoms with van der Waals surface area (Å²) in [4.78, 5) is 14.7. The molecule has 4 nitrogen and oxygen atoms in total. The summed E-state index contributed by atoms with van der Waals surface area (Å²) < 4.78 is 18.3. The highest BCUT2D eigenvalue weighted by atomic mass is 19.1. The van der Waals surface area contributed by atoms with Crippen molar-refractivity contribution in [1.29, 1.82) is 0 Å². The molecule has 18 heavy (non-hydrogen) atoms. The van der Waals surface area contributed by atoms with E-state index < -0.39 is 11.6 Å². The minimum atomic E-state index is -0.605. The van der Waals surface area contributed by atoms with Gasteiger partial charge >= 0.3 is 5.97 Å². The van der Waals surface area contributed by atoms with Crippen molar-refractivity contribution in [2.45, 2.75) is 26.4 Å². The van der Waals surface area contributed by atoms with E-state index in [9.17, 15) is 9.18 Å². The van der Waals surface area contributed by atoms with Crippen molar-refractivity contribution in [1.82, 2.24) is 4.98 Å². The summed E-state index contributed by atoms with van der Waals surface area (Å²) >= 11 is 0. The molecule has 0 amide bonds. The van der Waals surface area contributed by atoms with Crippen LogP contribution in [-0.4, -0.2) is 16.6 Å². The Morgan fingerprint density at radius 1 is 1.39 bits per heavy atom. The van der Waals surface area contributed by atoms with Crippen molar-refractivity contribution >= 4 is 22.6 Å². The van der Waals surface area contributed by atoms with Crippen molar-refractivity contribution in [3.8, 4) is 0 Å². The molecule has 1 heterocycles. The van der Waals surface area contributed by atoms with Crippen LogP contribution in [0.1, 0.15) is 31.3 Å². The van der Waals surface area contributed by atoms with Crippen LogP contribution in [0.4, 0.5) is 10.1 Å². The number of carbonyl (C=O) groups excluding carboxylic acids is 1.